The molecule has 16 heteroatoms. The molecule has 1 fully saturated rings. The molecule has 6 N–H and O–H groups in total. The second-order valence-corrected chi connectivity index (χ2v) is 15.3. The van der Waals surface area contributed by atoms with Gasteiger partial charge in [0.1, 0.15) is 24.4 Å². The molecule has 4 aromatic carbocycles. The van der Waals surface area contributed by atoms with Crippen LogP contribution in [0.25, 0.3) is 22.3 Å². The highest BCUT2D eigenvalue weighted by atomic mass is 35.5. The third-order valence-corrected chi connectivity index (χ3v) is 10.5. The number of carbonyl (C=O) groups excluding carboxylic acids is 7. The largest absolute Gasteiger partial charge is 0.492 e. The molecule has 1 saturated carbocycles. The summed E-state index contributed by atoms with van der Waals surface area (Å²) in [4.78, 5) is 92.7. The molecule has 0 aromatic heterocycles. The number of ether oxygens (including phenoxy) is 2. The Morgan fingerprint density at radius 2 is 1.57 bits per heavy atom. The number of fused-ring (bicyclic) bond motifs is 5. The summed E-state index contributed by atoms with van der Waals surface area (Å²) in [7, 11) is 1.44. The predicted molar refractivity (Wildman–Crippen MR) is 226 cm³/mol. The molecule has 2 unspecified atom stereocenters. The summed E-state index contributed by atoms with van der Waals surface area (Å²) in [6.45, 7) is -0.384. The molecule has 4 bridgehead atoms. The number of Topliss-reactive ketones (excluding diaryl/α,β-unsaturated/α-hetero) is 1. The predicted octanol–water partition coefficient (Wildman–Crippen LogP) is 3.22. The van der Waals surface area contributed by atoms with Crippen LogP contribution in [0.3, 0.4) is 0 Å². The minimum absolute atomic E-state index is 0.00432. The van der Waals surface area contributed by atoms with Crippen molar-refractivity contribution in [2.45, 2.75) is 44.2 Å². The quantitative estimate of drug-likeness (QED) is 0.117. The standard InChI is InChI=1S/C45H47ClN6O9/c1-26(53)61-25-34(54)22-48-44(58)38-20-27-3-16-39(60-18-17-47)37(19-27)36-21-32(12-15-35(36)30-6-7-30)42(45(59)49-23-40(55)51-38)52(2)41(56)24-50-43(57)31-8-4-28(5-9-31)29-10-13-33(46)14-11-29/h3-5,8-16,19,21,30,38,42H,6-7,17-18,20,22-25,47H2,1-2H3,(H,48,58)(H,49,59)(H,50,57)(H,51,55). The van der Waals surface area contributed by atoms with E-state index >= 15 is 0 Å². The van der Waals surface area contributed by atoms with Gasteiger partial charge >= 0.3 is 5.97 Å². The Morgan fingerprint density at radius 1 is 0.869 bits per heavy atom. The molecule has 61 heavy (non-hydrogen) atoms. The van der Waals surface area contributed by atoms with E-state index in [-0.39, 0.29) is 25.5 Å². The molecule has 6 rings (SSSR count). The summed E-state index contributed by atoms with van der Waals surface area (Å²) in [6.07, 6.45) is 1.90. The highest BCUT2D eigenvalue weighted by Crippen LogP contribution is 2.47. The van der Waals surface area contributed by atoms with E-state index in [1.54, 1.807) is 54.6 Å². The number of benzene rings is 4. The first kappa shape index (κ1) is 44.0. The smallest absolute Gasteiger partial charge is 0.303 e. The number of hydrogen-bond donors (Lipinski definition) is 5. The third-order valence-electron chi connectivity index (χ3n) is 10.3. The highest BCUT2D eigenvalue weighted by Gasteiger charge is 2.34. The highest BCUT2D eigenvalue weighted by molar-refractivity contribution is 6.30. The number of carbonyl (C=O) groups is 7. The fourth-order valence-corrected chi connectivity index (χ4v) is 7.09. The second kappa shape index (κ2) is 20.1. The fourth-order valence-electron chi connectivity index (χ4n) is 6.97. The summed E-state index contributed by atoms with van der Waals surface area (Å²) in [5, 5.41) is 11.0. The summed E-state index contributed by atoms with van der Waals surface area (Å²) in [5.74, 6) is -3.65. The van der Waals surface area contributed by atoms with Gasteiger partial charge in [0.2, 0.25) is 23.6 Å². The molecular weight excluding hydrogens is 804 g/mol. The van der Waals surface area contributed by atoms with Gasteiger partial charge in [-0.2, -0.15) is 0 Å². The summed E-state index contributed by atoms with van der Waals surface area (Å²) >= 11 is 6.02. The molecule has 4 aromatic rings. The molecule has 0 spiro atoms. The van der Waals surface area contributed by atoms with E-state index in [9.17, 15) is 33.6 Å². The number of halogens is 1. The number of likely N-dealkylation sites (N-methyl/N-ethyl adjacent to an activating group) is 1. The van der Waals surface area contributed by atoms with Crippen LogP contribution in [-0.4, -0.2) is 98.7 Å². The van der Waals surface area contributed by atoms with Crippen LogP contribution in [0.15, 0.2) is 84.9 Å². The third kappa shape index (κ3) is 11.6. The molecule has 318 valence electrons. The number of rotatable bonds is 14. The Hall–Kier alpha value is -6.58. The SMILES string of the molecule is CC(=O)OCC(=O)CNC(=O)C1Cc2ccc(OCCN)c(c2)-c2cc(ccc2C2CC2)C(N(C)C(=O)CNC(=O)c2ccc(-c3ccc(Cl)cc3)cc2)C(=O)NCC(=O)N1. The van der Waals surface area contributed by atoms with Gasteiger partial charge in [0, 0.05) is 43.1 Å². The zero-order chi connectivity index (χ0) is 43.6. The number of ketones is 1. The molecule has 2 atom stereocenters. The van der Waals surface area contributed by atoms with Crippen LogP contribution in [0.2, 0.25) is 5.02 Å². The van der Waals surface area contributed by atoms with Gasteiger partial charge in [-0.25, -0.2) is 0 Å². The second-order valence-electron chi connectivity index (χ2n) is 14.8. The van der Waals surface area contributed by atoms with E-state index in [0.717, 1.165) is 42.0 Å². The number of nitrogens with two attached hydrogens (primary N) is 1. The summed E-state index contributed by atoms with van der Waals surface area (Å²) < 4.78 is 10.8. The van der Waals surface area contributed by atoms with Gasteiger partial charge < -0.3 is 41.4 Å². The first-order valence-corrected chi connectivity index (χ1v) is 20.2. The maximum Gasteiger partial charge on any atom is 0.303 e. The maximum absolute atomic E-state index is 14.2. The van der Waals surface area contributed by atoms with Crippen molar-refractivity contribution in [2.75, 3.05) is 46.4 Å². The normalized spacial score (nSPS) is 16.2. The maximum atomic E-state index is 14.2. The monoisotopic (exact) mass is 850 g/mol. The van der Waals surface area contributed by atoms with Crippen molar-refractivity contribution in [3.8, 4) is 28.0 Å². The summed E-state index contributed by atoms with van der Waals surface area (Å²) in [6, 6.07) is 22.6. The number of hydrogen-bond acceptors (Lipinski definition) is 10. The molecule has 1 heterocycles. The average molecular weight is 851 g/mol. The van der Waals surface area contributed by atoms with Crippen molar-refractivity contribution in [3.63, 3.8) is 0 Å². The minimum Gasteiger partial charge on any atom is -0.492 e. The molecule has 0 saturated heterocycles. The topological polar surface area (TPSA) is 215 Å². The van der Waals surface area contributed by atoms with Crippen molar-refractivity contribution in [2.24, 2.45) is 5.73 Å². The number of nitrogens with one attached hydrogen (secondary N) is 4. The van der Waals surface area contributed by atoms with Crippen molar-refractivity contribution < 1.29 is 43.0 Å². The lowest BCUT2D eigenvalue weighted by atomic mass is 9.89. The van der Waals surface area contributed by atoms with Crippen molar-refractivity contribution in [1.82, 2.24) is 26.2 Å². The minimum atomic E-state index is -1.26. The Morgan fingerprint density at radius 3 is 2.25 bits per heavy atom. The van der Waals surface area contributed by atoms with Gasteiger partial charge in [0.15, 0.2) is 12.4 Å². The zero-order valence-electron chi connectivity index (χ0n) is 33.8. The first-order valence-electron chi connectivity index (χ1n) is 19.8. The van der Waals surface area contributed by atoms with Crippen LogP contribution in [0.4, 0.5) is 0 Å². The van der Waals surface area contributed by atoms with Crippen LogP contribution >= 0.6 is 11.6 Å². The van der Waals surface area contributed by atoms with Crippen LogP contribution in [0.1, 0.15) is 58.8 Å². The van der Waals surface area contributed by atoms with Gasteiger partial charge in [0.25, 0.3) is 5.91 Å². The zero-order valence-corrected chi connectivity index (χ0v) is 34.5. The molecule has 0 radical (unpaired) electrons. The summed E-state index contributed by atoms with van der Waals surface area (Å²) in [5.41, 5.74) is 11.4. The van der Waals surface area contributed by atoms with Crippen LogP contribution in [0, 0.1) is 0 Å². The van der Waals surface area contributed by atoms with Gasteiger partial charge in [-0.15, -0.1) is 0 Å². The Labute approximate surface area is 357 Å². The molecule has 15 nitrogen and oxygen atoms in total. The Kier molecular flexibility index (Phi) is 14.5. The molecule has 1 aliphatic carbocycles. The van der Waals surface area contributed by atoms with Crippen LogP contribution in [0.5, 0.6) is 5.75 Å². The molecule has 5 amide bonds. The van der Waals surface area contributed by atoms with Gasteiger partial charge in [-0.3, -0.25) is 33.6 Å². The Bertz CT molecular complexity index is 2310. The van der Waals surface area contributed by atoms with E-state index in [4.69, 9.17) is 26.8 Å². The van der Waals surface area contributed by atoms with Crippen LogP contribution in [-0.2, 0) is 39.9 Å². The number of esters is 1. The van der Waals surface area contributed by atoms with E-state index in [1.807, 2.05) is 30.3 Å². The van der Waals surface area contributed by atoms with Crippen LogP contribution < -0.4 is 31.7 Å². The van der Waals surface area contributed by atoms with Gasteiger partial charge in [-0.1, -0.05) is 54.1 Å². The number of nitrogens with zero attached hydrogens (tertiary/aromatic N) is 1. The van der Waals surface area contributed by atoms with E-state index < -0.39 is 79.6 Å². The lowest BCUT2D eigenvalue weighted by Crippen LogP contribution is -2.52. The van der Waals surface area contributed by atoms with Crippen molar-refractivity contribution >= 4 is 52.9 Å². The van der Waals surface area contributed by atoms with E-state index in [0.29, 0.717) is 33.0 Å². The molecule has 2 aliphatic rings. The lowest BCUT2D eigenvalue weighted by Gasteiger charge is -2.29. The van der Waals surface area contributed by atoms with E-state index in [1.165, 1.54) is 11.9 Å². The molecular formula is C45H47ClN6O9. The lowest BCUT2D eigenvalue weighted by molar-refractivity contribution is -0.145. The number of amides is 5. The first-order chi connectivity index (χ1) is 29.3. The average Bonchev–Trinajstić information content (AvgIpc) is 4.11. The fraction of sp³-hybridized carbons (Fsp3) is 0.311. The van der Waals surface area contributed by atoms with Crippen molar-refractivity contribution in [3.05, 3.63) is 112 Å². The van der Waals surface area contributed by atoms with Gasteiger partial charge in [-0.05, 0) is 94.6 Å². The van der Waals surface area contributed by atoms with E-state index in [2.05, 4.69) is 21.3 Å². The Balaban J connectivity index is 1.28. The van der Waals surface area contributed by atoms with Gasteiger partial charge in [0.05, 0.1) is 19.6 Å². The molecule has 1 aliphatic heterocycles. The van der Waals surface area contributed by atoms with Crippen molar-refractivity contribution in [1.29, 1.82) is 0 Å².